The number of thiazole rings is 1. The van der Waals surface area contributed by atoms with Gasteiger partial charge in [-0.25, -0.2) is 8.42 Å². The smallest absolute Gasteiger partial charge is 0.325 e. The zero-order valence-corrected chi connectivity index (χ0v) is 23.0. The van der Waals surface area contributed by atoms with Gasteiger partial charge in [-0.15, -0.1) is 0 Å². The second kappa shape index (κ2) is 10.5. The summed E-state index contributed by atoms with van der Waals surface area (Å²) in [4.78, 5) is 29.9. The highest BCUT2D eigenvalue weighted by Crippen LogP contribution is 2.34. The average molecular weight is 568 g/mol. The number of ether oxygens (including phenoxy) is 3. The molecule has 0 aliphatic carbocycles. The van der Waals surface area contributed by atoms with E-state index in [1.54, 1.807) is 22.8 Å². The average Bonchev–Trinajstić information content (AvgIpc) is 3.53. The Morgan fingerprint density at radius 2 is 1.67 bits per heavy atom. The molecule has 0 saturated heterocycles. The van der Waals surface area contributed by atoms with Crippen LogP contribution in [0.2, 0.25) is 0 Å². The zero-order valence-electron chi connectivity index (χ0n) is 21.4. The van der Waals surface area contributed by atoms with Gasteiger partial charge in [-0.1, -0.05) is 29.5 Å². The highest BCUT2D eigenvalue weighted by molar-refractivity contribution is 7.92. The van der Waals surface area contributed by atoms with E-state index in [4.69, 9.17) is 14.2 Å². The molecule has 1 aromatic heterocycles. The van der Waals surface area contributed by atoms with Gasteiger partial charge in [-0.2, -0.15) is 4.99 Å². The molecule has 0 fully saturated rings. The Bertz CT molecular complexity index is 1760. The minimum absolute atomic E-state index is 0.0811. The number of anilines is 1. The van der Waals surface area contributed by atoms with Crippen molar-refractivity contribution < 1.29 is 32.2 Å². The maximum atomic E-state index is 13.3. The molecular weight excluding hydrogens is 542 g/mol. The van der Waals surface area contributed by atoms with Crippen LogP contribution in [0.5, 0.6) is 11.5 Å². The molecular formula is C27H25N3O7S2. The molecule has 3 aromatic carbocycles. The summed E-state index contributed by atoms with van der Waals surface area (Å²) in [6.45, 7) is 0.186. The molecule has 5 rings (SSSR count). The van der Waals surface area contributed by atoms with Crippen LogP contribution in [0.15, 0.2) is 70.6 Å². The van der Waals surface area contributed by atoms with Gasteiger partial charge < -0.3 is 18.8 Å². The highest BCUT2D eigenvalue weighted by Gasteiger charge is 2.30. The molecule has 0 spiro atoms. The van der Waals surface area contributed by atoms with Crippen molar-refractivity contribution >= 4 is 49.1 Å². The lowest BCUT2D eigenvalue weighted by Crippen LogP contribution is -2.29. The number of aromatic nitrogens is 1. The number of sulfonamides is 1. The maximum Gasteiger partial charge on any atom is 0.325 e. The van der Waals surface area contributed by atoms with Crippen LogP contribution in [0.25, 0.3) is 10.2 Å². The lowest BCUT2D eigenvalue weighted by Gasteiger charge is -2.19. The molecule has 0 radical (unpaired) electrons. The Labute approximate surface area is 228 Å². The predicted molar refractivity (Wildman–Crippen MR) is 146 cm³/mol. The van der Waals surface area contributed by atoms with E-state index in [1.165, 1.54) is 61.2 Å². The Balaban J connectivity index is 1.50. The van der Waals surface area contributed by atoms with Crippen LogP contribution in [-0.2, 0) is 32.5 Å². The number of carbonyl (C=O) groups excluding carboxylic acids is 2. The first-order chi connectivity index (χ1) is 18.8. The molecule has 0 atom stereocenters. The van der Waals surface area contributed by atoms with Crippen LogP contribution in [-0.4, -0.2) is 52.7 Å². The van der Waals surface area contributed by atoms with Gasteiger partial charge in [0, 0.05) is 24.2 Å². The second-order valence-electron chi connectivity index (χ2n) is 8.62. The van der Waals surface area contributed by atoms with Crippen LogP contribution < -0.4 is 18.6 Å². The first-order valence-corrected chi connectivity index (χ1v) is 14.1. The van der Waals surface area contributed by atoms with Gasteiger partial charge in [0.2, 0.25) is 0 Å². The normalized spacial score (nSPS) is 13.4. The summed E-state index contributed by atoms with van der Waals surface area (Å²) in [7, 11) is 0.501. The third kappa shape index (κ3) is 4.88. The number of hydrogen-bond donors (Lipinski definition) is 0. The largest absolute Gasteiger partial charge is 0.493 e. The summed E-state index contributed by atoms with van der Waals surface area (Å²) < 4.78 is 45.9. The van der Waals surface area contributed by atoms with E-state index in [1.807, 2.05) is 18.2 Å². The van der Waals surface area contributed by atoms with Crippen LogP contribution in [0.3, 0.4) is 0 Å². The monoisotopic (exact) mass is 567 g/mol. The van der Waals surface area contributed by atoms with Gasteiger partial charge in [0.15, 0.2) is 16.3 Å². The molecule has 12 heteroatoms. The van der Waals surface area contributed by atoms with Gasteiger partial charge >= 0.3 is 5.97 Å². The Kier molecular flexibility index (Phi) is 7.15. The number of hydrogen-bond acceptors (Lipinski definition) is 8. The van der Waals surface area contributed by atoms with Gasteiger partial charge in [-0.3, -0.25) is 13.9 Å². The van der Waals surface area contributed by atoms with Crippen LogP contribution in [0.1, 0.15) is 15.9 Å². The van der Waals surface area contributed by atoms with Crippen molar-refractivity contribution in [3.63, 3.8) is 0 Å². The van der Waals surface area contributed by atoms with Crippen molar-refractivity contribution in [1.29, 1.82) is 0 Å². The third-order valence-electron chi connectivity index (χ3n) is 6.43. The molecule has 0 bridgehead atoms. The summed E-state index contributed by atoms with van der Waals surface area (Å²) in [5.41, 5.74) is 2.46. The summed E-state index contributed by atoms with van der Waals surface area (Å²) in [5.74, 6) is -0.158. The summed E-state index contributed by atoms with van der Waals surface area (Å²) in [6, 6.07) is 16.5. The molecule has 202 valence electrons. The van der Waals surface area contributed by atoms with Crippen molar-refractivity contribution in [2.75, 3.05) is 32.2 Å². The number of methoxy groups -OCH3 is 3. The zero-order chi connectivity index (χ0) is 27.7. The fourth-order valence-corrected chi connectivity index (χ4v) is 6.98. The van der Waals surface area contributed by atoms with Gasteiger partial charge in [-0.05, 0) is 42.3 Å². The topological polar surface area (TPSA) is 117 Å². The van der Waals surface area contributed by atoms with E-state index in [0.717, 1.165) is 10.3 Å². The van der Waals surface area contributed by atoms with Crippen LogP contribution in [0, 0.1) is 0 Å². The number of benzene rings is 3. The SMILES string of the molecule is COC(=O)Cn1c(=NC(=O)c2ccc(S(=O)(=O)N3CCc4ccccc43)cc2)sc2cc(OC)c(OC)cc21. The lowest BCUT2D eigenvalue weighted by atomic mass is 10.2. The van der Waals surface area contributed by atoms with Gasteiger partial charge in [0.25, 0.3) is 15.9 Å². The number of esters is 1. The molecule has 2 heterocycles. The Morgan fingerprint density at radius 3 is 2.36 bits per heavy atom. The molecule has 0 unspecified atom stereocenters. The highest BCUT2D eigenvalue weighted by atomic mass is 32.2. The second-order valence-corrected chi connectivity index (χ2v) is 11.5. The van der Waals surface area contributed by atoms with E-state index in [9.17, 15) is 18.0 Å². The van der Waals surface area contributed by atoms with Crippen molar-refractivity contribution in [3.05, 3.63) is 76.6 Å². The first kappa shape index (κ1) is 26.4. The molecule has 1 aliphatic heterocycles. The molecule has 1 aliphatic rings. The van der Waals surface area contributed by atoms with E-state index in [2.05, 4.69) is 4.99 Å². The molecule has 0 saturated carbocycles. The van der Waals surface area contributed by atoms with Crippen molar-refractivity contribution in [3.8, 4) is 11.5 Å². The fourth-order valence-electron chi connectivity index (χ4n) is 4.43. The number of carbonyl (C=O) groups is 2. The molecule has 4 aromatic rings. The molecule has 1 amide bonds. The Morgan fingerprint density at radius 1 is 0.974 bits per heavy atom. The summed E-state index contributed by atoms with van der Waals surface area (Å²) >= 11 is 1.20. The number of fused-ring (bicyclic) bond motifs is 2. The number of para-hydroxylation sites is 1. The van der Waals surface area contributed by atoms with Crippen molar-refractivity contribution in [1.82, 2.24) is 4.57 Å². The number of nitrogens with zero attached hydrogens (tertiary/aromatic N) is 3. The van der Waals surface area contributed by atoms with E-state index in [0.29, 0.717) is 35.7 Å². The van der Waals surface area contributed by atoms with Crippen molar-refractivity contribution in [2.45, 2.75) is 17.9 Å². The molecule has 10 nitrogen and oxygen atoms in total. The lowest BCUT2D eigenvalue weighted by molar-refractivity contribution is -0.141. The minimum Gasteiger partial charge on any atom is -0.493 e. The Hall–Kier alpha value is -4.16. The van der Waals surface area contributed by atoms with Crippen LogP contribution >= 0.6 is 11.3 Å². The fraction of sp³-hybridized carbons (Fsp3) is 0.222. The van der Waals surface area contributed by atoms with E-state index in [-0.39, 0.29) is 21.8 Å². The van der Waals surface area contributed by atoms with Gasteiger partial charge in [0.1, 0.15) is 6.54 Å². The molecule has 39 heavy (non-hydrogen) atoms. The van der Waals surface area contributed by atoms with E-state index >= 15 is 0 Å². The summed E-state index contributed by atoms with van der Waals surface area (Å²) in [5, 5.41) is 0. The standard InChI is InChI=1S/C27H25N3O7S2/c1-35-22-14-21-24(15-23(22)36-2)38-27(29(21)16-25(31)37-3)28-26(32)18-8-10-19(11-9-18)39(33,34)30-13-12-17-6-4-5-7-20(17)30/h4-11,14-15H,12-13,16H2,1-3H3. The minimum atomic E-state index is -3.79. The van der Waals surface area contributed by atoms with Gasteiger partial charge in [0.05, 0.1) is 42.1 Å². The van der Waals surface area contributed by atoms with Crippen LogP contribution in [0.4, 0.5) is 5.69 Å². The molecule has 0 N–H and O–H groups in total. The first-order valence-electron chi connectivity index (χ1n) is 11.9. The quantitative estimate of drug-likeness (QED) is 0.314. The number of amides is 1. The summed E-state index contributed by atoms with van der Waals surface area (Å²) in [6.07, 6.45) is 0.642. The maximum absolute atomic E-state index is 13.3. The van der Waals surface area contributed by atoms with Crippen molar-refractivity contribution in [2.24, 2.45) is 4.99 Å². The third-order valence-corrected chi connectivity index (χ3v) is 9.30. The predicted octanol–water partition coefficient (Wildman–Crippen LogP) is 3.39. The van der Waals surface area contributed by atoms with E-state index < -0.39 is 21.9 Å². The number of rotatable bonds is 7.